The number of ether oxygens (including phenoxy) is 1. The molecule has 1 N–H and O–H groups in total. The van der Waals surface area contributed by atoms with E-state index in [2.05, 4.69) is 26.1 Å². The molecule has 2 aromatic carbocycles. The number of carbonyl (C=O) groups is 1. The van der Waals surface area contributed by atoms with Gasteiger partial charge in [-0.05, 0) is 48.2 Å². The molecule has 152 valence electrons. The number of carbonyl (C=O) groups excluding carboxylic acids is 1. The van der Waals surface area contributed by atoms with Crippen molar-refractivity contribution in [2.24, 2.45) is 0 Å². The number of rotatable bonds is 6. The molecule has 2 rings (SSSR count). The molecule has 1 amide bonds. The maximum Gasteiger partial charge on any atom is 0.265 e. The van der Waals surface area contributed by atoms with E-state index in [-0.39, 0.29) is 16.2 Å². The van der Waals surface area contributed by atoms with Crippen LogP contribution in [0.5, 0.6) is 5.75 Å². The Hall–Kier alpha value is -2.38. The van der Waals surface area contributed by atoms with E-state index in [0.29, 0.717) is 11.4 Å². The Morgan fingerprint density at radius 1 is 1.07 bits per heavy atom. The first-order chi connectivity index (χ1) is 12.9. The largest absolute Gasteiger partial charge is 0.481 e. The highest BCUT2D eigenvalue weighted by Crippen LogP contribution is 2.25. The molecule has 0 fully saturated rings. The smallest absolute Gasteiger partial charge is 0.265 e. The van der Waals surface area contributed by atoms with Crippen molar-refractivity contribution in [3.8, 4) is 5.75 Å². The minimum Gasteiger partial charge on any atom is -0.481 e. The summed E-state index contributed by atoms with van der Waals surface area (Å²) in [7, 11) is -0.650. The highest BCUT2D eigenvalue weighted by atomic mass is 32.2. The van der Waals surface area contributed by atoms with Crippen molar-refractivity contribution >= 4 is 21.6 Å². The van der Waals surface area contributed by atoms with Gasteiger partial charge < -0.3 is 10.1 Å². The first-order valence-corrected chi connectivity index (χ1v) is 10.5. The maximum absolute atomic E-state index is 12.4. The number of hydrogen-bond donors (Lipinski definition) is 1. The lowest BCUT2D eigenvalue weighted by molar-refractivity contribution is -0.122. The Labute approximate surface area is 167 Å². The number of hydrogen-bond acceptors (Lipinski definition) is 4. The molecule has 0 heterocycles. The van der Waals surface area contributed by atoms with E-state index >= 15 is 0 Å². The van der Waals surface area contributed by atoms with Crippen LogP contribution in [0, 0.1) is 0 Å². The van der Waals surface area contributed by atoms with Gasteiger partial charge in [0.15, 0.2) is 6.10 Å². The summed E-state index contributed by atoms with van der Waals surface area (Å²) in [6, 6.07) is 13.8. The third-order valence-electron chi connectivity index (χ3n) is 4.28. The standard InChI is InChI=1S/C21H28N2O4S/c1-15(27-18-12-10-16(11-13-18)21(2,3)4)20(24)22-17-8-7-9-19(14-17)28(25,26)23(5)6/h7-15H,1-6H3,(H,22,24)/t15-/m1/s1. The number of sulfonamides is 1. The Kier molecular flexibility index (Phi) is 6.52. The van der Waals surface area contributed by atoms with E-state index in [0.717, 1.165) is 4.31 Å². The van der Waals surface area contributed by atoms with Crippen LogP contribution in [-0.4, -0.2) is 38.8 Å². The van der Waals surface area contributed by atoms with Crippen LogP contribution < -0.4 is 10.1 Å². The van der Waals surface area contributed by atoms with Crippen LogP contribution in [0.4, 0.5) is 5.69 Å². The second kappa shape index (κ2) is 8.32. The Bertz CT molecular complexity index is 930. The van der Waals surface area contributed by atoms with Crippen LogP contribution in [0.25, 0.3) is 0 Å². The molecule has 0 bridgehead atoms. The Balaban J connectivity index is 2.07. The summed E-state index contributed by atoms with van der Waals surface area (Å²) in [5, 5.41) is 2.70. The summed E-state index contributed by atoms with van der Waals surface area (Å²) in [6.45, 7) is 8.03. The van der Waals surface area contributed by atoms with Gasteiger partial charge in [0.2, 0.25) is 10.0 Å². The third-order valence-corrected chi connectivity index (χ3v) is 6.09. The van der Waals surface area contributed by atoms with Gasteiger partial charge in [-0.25, -0.2) is 12.7 Å². The molecule has 0 saturated carbocycles. The summed E-state index contributed by atoms with van der Waals surface area (Å²) in [6.07, 6.45) is -0.741. The first-order valence-electron chi connectivity index (χ1n) is 9.02. The van der Waals surface area contributed by atoms with Crippen molar-refractivity contribution in [2.45, 2.75) is 44.1 Å². The summed E-state index contributed by atoms with van der Waals surface area (Å²) in [4.78, 5) is 12.6. The van der Waals surface area contributed by atoms with Gasteiger partial charge in [-0.15, -0.1) is 0 Å². The molecule has 0 aliphatic rings. The lowest BCUT2D eigenvalue weighted by Gasteiger charge is -2.20. The lowest BCUT2D eigenvalue weighted by Crippen LogP contribution is -2.30. The van der Waals surface area contributed by atoms with Gasteiger partial charge in [0, 0.05) is 19.8 Å². The molecular formula is C21H28N2O4S. The van der Waals surface area contributed by atoms with Gasteiger partial charge >= 0.3 is 0 Å². The molecule has 0 aromatic heterocycles. The first kappa shape index (κ1) is 21.9. The Morgan fingerprint density at radius 3 is 2.21 bits per heavy atom. The van der Waals surface area contributed by atoms with E-state index in [1.165, 1.54) is 31.8 Å². The third kappa shape index (κ3) is 5.33. The van der Waals surface area contributed by atoms with Crippen LogP contribution >= 0.6 is 0 Å². The van der Waals surface area contributed by atoms with Crippen LogP contribution in [-0.2, 0) is 20.2 Å². The van der Waals surface area contributed by atoms with E-state index in [1.807, 2.05) is 24.3 Å². The van der Waals surface area contributed by atoms with Gasteiger partial charge in [-0.2, -0.15) is 0 Å². The van der Waals surface area contributed by atoms with E-state index in [9.17, 15) is 13.2 Å². The molecule has 0 spiro atoms. The van der Waals surface area contributed by atoms with E-state index in [4.69, 9.17) is 4.74 Å². The van der Waals surface area contributed by atoms with Crippen LogP contribution in [0.1, 0.15) is 33.3 Å². The van der Waals surface area contributed by atoms with E-state index in [1.54, 1.807) is 19.1 Å². The molecule has 0 unspecified atom stereocenters. The van der Waals surface area contributed by atoms with Gasteiger partial charge in [-0.3, -0.25) is 4.79 Å². The lowest BCUT2D eigenvalue weighted by atomic mass is 9.87. The van der Waals surface area contributed by atoms with Crippen molar-refractivity contribution < 1.29 is 17.9 Å². The average molecular weight is 405 g/mol. The van der Waals surface area contributed by atoms with Gasteiger partial charge in [0.1, 0.15) is 5.75 Å². The van der Waals surface area contributed by atoms with Gasteiger partial charge in [0.25, 0.3) is 5.91 Å². The highest BCUT2D eigenvalue weighted by molar-refractivity contribution is 7.89. The molecule has 2 aromatic rings. The number of nitrogens with one attached hydrogen (secondary N) is 1. The molecule has 0 radical (unpaired) electrons. The topological polar surface area (TPSA) is 75.7 Å². The molecule has 7 heteroatoms. The number of amides is 1. The minimum atomic E-state index is -3.57. The number of nitrogens with zero attached hydrogens (tertiary/aromatic N) is 1. The predicted octanol–water partition coefficient (Wildman–Crippen LogP) is 3.64. The zero-order chi connectivity index (χ0) is 21.1. The fraction of sp³-hybridized carbons (Fsp3) is 0.381. The summed E-state index contributed by atoms with van der Waals surface area (Å²) in [5.41, 5.74) is 1.61. The second-order valence-corrected chi connectivity index (χ2v) is 9.99. The summed E-state index contributed by atoms with van der Waals surface area (Å²) >= 11 is 0. The molecule has 0 aliphatic carbocycles. The molecule has 0 aliphatic heterocycles. The van der Waals surface area contributed by atoms with E-state index < -0.39 is 16.1 Å². The molecule has 0 saturated heterocycles. The molecule has 6 nitrogen and oxygen atoms in total. The zero-order valence-electron chi connectivity index (χ0n) is 17.2. The summed E-state index contributed by atoms with van der Waals surface area (Å²) in [5.74, 6) is 0.235. The van der Waals surface area contributed by atoms with Crippen LogP contribution in [0.3, 0.4) is 0 Å². The SMILES string of the molecule is C[C@@H](Oc1ccc(C(C)(C)C)cc1)C(=O)Nc1cccc(S(=O)(=O)N(C)C)c1. The molecular weight excluding hydrogens is 376 g/mol. The second-order valence-electron chi connectivity index (χ2n) is 7.84. The fourth-order valence-electron chi connectivity index (χ4n) is 2.48. The number of anilines is 1. The number of benzene rings is 2. The monoisotopic (exact) mass is 404 g/mol. The van der Waals surface area contributed by atoms with Crippen molar-refractivity contribution in [1.82, 2.24) is 4.31 Å². The predicted molar refractivity (Wildman–Crippen MR) is 111 cm³/mol. The normalized spacial score (nSPS) is 13.2. The van der Waals surface area contributed by atoms with Crippen molar-refractivity contribution in [2.75, 3.05) is 19.4 Å². The van der Waals surface area contributed by atoms with Gasteiger partial charge in [-0.1, -0.05) is 39.0 Å². The van der Waals surface area contributed by atoms with Crippen molar-refractivity contribution in [3.63, 3.8) is 0 Å². The Morgan fingerprint density at radius 2 is 1.68 bits per heavy atom. The average Bonchev–Trinajstić information content (AvgIpc) is 2.61. The van der Waals surface area contributed by atoms with Crippen molar-refractivity contribution in [1.29, 1.82) is 0 Å². The summed E-state index contributed by atoms with van der Waals surface area (Å²) < 4.78 is 31.3. The maximum atomic E-state index is 12.4. The van der Waals surface area contributed by atoms with Crippen LogP contribution in [0.2, 0.25) is 0 Å². The van der Waals surface area contributed by atoms with Crippen LogP contribution in [0.15, 0.2) is 53.4 Å². The van der Waals surface area contributed by atoms with Gasteiger partial charge in [0.05, 0.1) is 4.90 Å². The molecule has 28 heavy (non-hydrogen) atoms. The fourth-order valence-corrected chi connectivity index (χ4v) is 3.43. The van der Waals surface area contributed by atoms with Crippen molar-refractivity contribution in [3.05, 3.63) is 54.1 Å². The highest BCUT2D eigenvalue weighted by Gasteiger charge is 2.20. The quantitative estimate of drug-likeness (QED) is 0.798. The zero-order valence-corrected chi connectivity index (χ0v) is 18.0. The minimum absolute atomic E-state index is 0.0411. The molecule has 1 atom stereocenters.